The number of nitrogens with one attached hydrogen (secondary N) is 1. The Bertz CT molecular complexity index is 428. The highest BCUT2D eigenvalue weighted by Gasteiger charge is 2.15. The molecule has 1 aromatic carbocycles. The zero-order valence-electron chi connectivity index (χ0n) is 11.1. The molecule has 1 unspecified atom stereocenters. The maximum absolute atomic E-state index is 10.9. The Morgan fingerprint density at radius 3 is 2.24 bits per heavy atom. The van der Waals surface area contributed by atoms with Crippen molar-refractivity contribution in [1.82, 2.24) is 0 Å². The van der Waals surface area contributed by atoms with E-state index in [0.717, 1.165) is 11.3 Å². The Morgan fingerprint density at radius 2 is 1.76 bits per heavy atom. The van der Waals surface area contributed by atoms with Crippen molar-refractivity contribution in [3.63, 3.8) is 0 Å². The fraction of sp³-hybridized carbons (Fsp3) is 0.538. The van der Waals surface area contributed by atoms with E-state index in [9.17, 15) is 10.1 Å². The summed E-state index contributed by atoms with van der Waals surface area (Å²) in [4.78, 5) is 10.5. The molecule has 0 radical (unpaired) electrons. The molecule has 4 nitrogen and oxygen atoms in total. The van der Waals surface area contributed by atoms with Crippen molar-refractivity contribution < 1.29 is 4.92 Å². The Balaban J connectivity index is 3.08. The van der Waals surface area contributed by atoms with E-state index in [-0.39, 0.29) is 16.7 Å². The predicted octanol–water partition coefficient (Wildman–Crippen LogP) is 3.67. The summed E-state index contributed by atoms with van der Waals surface area (Å²) in [5.41, 5.74) is 2.77. The van der Waals surface area contributed by atoms with Gasteiger partial charge in [0.25, 0.3) is 5.69 Å². The number of hydrogen-bond donors (Lipinski definition) is 1. The minimum atomic E-state index is -0.333. The molecule has 1 atom stereocenters. The molecule has 17 heavy (non-hydrogen) atoms. The average molecular weight is 236 g/mol. The molecule has 0 aliphatic carbocycles. The second-order valence-electron chi connectivity index (χ2n) is 4.89. The second kappa shape index (κ2) is 5.17. The molecule has 0 saturated heterocycles. The molecule has 1 rings (SSSR count). The smallest absolute Gasteiger partial charge is 0.274 e. The molecular formula is C13H20N2O2. The maximum Gasteiger partial charge on any atom is 0.274 e. The third-order valence-electron chi connectivity index (χ3n) is 3.12. The summed E-state index contributed by atoms with van der Waals surface area (Å²) in [5, 5.41) is 14.2. The van der Waals surface area contributed by atoms with Crippen LogP contribution in [0, 0.1) is 29.9 Å². The Morgan fingerprint density at radius 1 is 1.18 bits per heavy atom. The minimum absolute atomic E-state index is 0.175. The molecule has 0 saturated carbocycles. The van der Waals surface area contributed by atoms with Gasteiger partial charge in [0.1, 0.15) is 0 Å². The van der Waals surface area contributed by atoms with E-state index in [0.29, 0.717) is 11.5 Å². The maximum atomic E-state index is 10.9. The number of anilines is 1. The van der Waals surface area contributed by atoms with Crippen molar-refractivity contribution in [2.45, 2.75) is 40.7 Å². The molecule has 0 aliphatic heterocycles. The van der Waals surface area contributed by atoms with Gasteiger partial charge < -0.3 is 5.32 Å². The topological polar surface area (TPSA) is 55.2 Å². The number of benzene rings is 1. The molecule has 0 aromatic heterocycles. The van der Waals surface area contributed by atoms with E-state index in [2.05, 4.69) is 26.1 Å². The molecule has 0 bridgehead atoms. The lowest BCUT2D eigenvalue weighted by atomic mass is 10.0. The van der Waals surface area contributed by atoms with Gasteiger partial charge in [0, 0.05) is 23.4 Å². The van der Waals surface area contributed by atoms with E-state index < -0.39 is 0 Å². The first-order valence-corrected chi connectivity index (χ1v) is 5.85. The van der Waals surface area contributed by atoms with Gasteiger partial charge in [-0.2, -0.15) is 0 Å². The van der Waals surface area contributed by atoms with Crippen molar-refractivity contribution in [2.75, 3.05) is 5.32 Å². The summed E-state index contributed by atoms with van der Waals surface area (Å²) in [6, 6.07) is 3.77. The van der Waals surface area contributed by atoms with E-state index in [1.54, 1.807) is 13.0 Å². The third kappa shape index (κ3) is 3.19. The quantitative estimate of drug-likeness (QED) is 0.641. The van der Waals surface area contributed by atoms with Crippen molar-refractivity contribution >= 4 is 11.4 Å². The molecular weight excluding hydrogens is 216 g/mol. The van der Waals surface area contributed by atoms with Crippen LogP contribution in [-0.4, -0.2) is 11.0 Å². The number of nitrogens with zero attached hydrogens (tertiary/aromatic N) is 1. The summed E-state index contributed by atoms with van der Waals surface area (Å²) in [7, 11) is 0. The number of nitro benzene ring substituents is 1. The van der Waals surface area contributed by atoms with Gasteiger partial charge in [0.2, 0.25) is 0 Å². The number of aryl methyl sites for hydroxylation is 2. The van der Waals surface area contributed by atoms with Crippen molar-refractivity contribution in [3.05, 3.63) is 33.4 Å². The lowest BCUT2D eigenvalue weighted by Crippen LogP contribution is -2.22. The molecule has 0 amide bonds. The van der Waals surface area contributed by atoms with Crippen LogP contribution in [0.25, 0.3) is 0 Å². The molecule has 0 fully saturated rings. The van der Waals surface area contributed by atoms with E-state index >= 15 is 0 Å². The van der Waals surface area contributed by atoms with Crippen LogP contribution in [0.5, 0.6) is 0 Å². The monoisotopic (exact) mass is 236 g/mol. The van der Waals surface area contributed by atoms with Gasteiger partial charge in [0.05, 0.1) is 4.92 Å². The summed E-state index contributed by atoms with van der Waals surface area (Å²) in [5.74, 6) is 0.481. The van der Waals surface area contributed by atoms with Crippen LogP contribution in [0.15, 0.2) is 12.1 Å². The lowest BCUT2D eigenvalue weighted by Gasteiger charge is -2.20. The van der Waals surface area contributed by atoms with Gasteiger partial charge in [-0.25, -0.2) is 0 Å². The Kier molecular flexibility index (Phi) is 4.10. The average Bonchev–Trinajstić information content (AvgIpc) is 2.21. The fourth-order valence-corrected chi connectivity index (χ4v) is 1.60. The van der Waals surface area contributed by atoms with Crippen LogP contribution < -0.4 is 5.32 Å². The van der Waals surface area contributed by atoms with Gasteiger partial charge in [-0.15, -0.1) is 0 Å². The Hall–Kier alpha value is -1.58. The van der Waals surface area contributed by atoms with Gasteiger partial charge in [-0.3, -0.25) is 10.1 Å². The van der Waals surface area contributed by atoms with Crippen LogP contribution in [-0.2, 0) is 0 Å². The zero-order chi connectivity index (χ0) is 13.2. The summed E-state index contributed by atoms with van der Waals surface area (Å²) in [6.07, 6.45) is 0. The highest BCUT2D eigenvalue weighted by atomic mass is 16.6. The summed E-state index contributed by atoms with van der Waals surface area (Å²) >= 11 is 0. The standard InChI is InChI=1S/C13H20N2O2/c1-8(2)11(5)14-12-7-13(15(16)17)10(4)6-9(12)3/h6-8,11,14H,1-5H3. The van der Waals surface area contributed by atoms with Crippen LogP contribution in [0.3, 0.4) is 0 Å². The van der Waals surface area contributed by atoms with Gasteiger partial charge in [-0.1, -0.05) is 13.8 Å². The Labute approximate surface area is 102 Å². The predicted molar refractivity (Wildman–Crippen MR) is 70.5 cm³/mol. The SMILES string of the molecule is Cc1cc(C)c([N+](=O)[O-])cc1NC(C)C(C)C. The van der Waals surface area contributed by atoms with Crippen molar-refractivity contribution in [3.8, 4) is 0 Å². The van der Waals surface area contributed by atoms with Gasteiger partial charge in [0.15, 0.2) is 0 Å². The van der Waals surface area contributed by atoms with Crippen LogP contribution in [0.2, 0.25) is 0 Å². The minimum Gasteiger partial charge on any atom is -0.382 e. The molecule has 94 valence electrons. The van der Waals surface area contributed by atoms with Gasteiger partial charge in [-0.05, 0) is 38.3 Å². The van der Waals surface area contributed by atoms with Crippen molar-refractivity contribution in [2.24, 2.45) is 5.92 Å². The van der Waals surface area contributed by atoms with E-state index in [4.69, 9.17) is 0 Å². The molecule has 1 N–H and O–H groups in total. The van der Waals surface area contributed by atoms with E-state index in [1.165, 1.54) is 0 Å². The molecule has 0 aliphatic rings. The second-order valence-corrected chi connectivity index (χ2v) is 4.89. The highest BCUT2D eigenvalue weighted by Crippen LogP contribution is 2.27. The highest BCUT2D eigenvalue weighted by molar-refractivity contribution is 5.60. The summed E-state index contributed by atoms with van der Waals surface area (Å²) in [6.45, 7) is 10.0. The van der Waals surface area contributed by atoms with Crippen LogP contribution in [0.1, 0.15) is 31.9 Å². The number of nitro groups is 1. The molecule has 4 heteroatoms. The van der Waals surface area contributed by atoms with Gasteiger partial charge >= 0.3 is 0 Å². The number of hydrogen-bond acceptors (Lipinski definition) is 3. The summed E-state index contributed by atoms with van der Waals surface area (Å²) < 4.78 is 0. The van der Waals surface area contributed by atoms with E-state index in [1.807, 2.05) is 13.0 Å². The lowest BCUT2D eigenvalue weighted by molar-refractivity contribution is -0.385. The van der Waals surface area contributed by atoms with Crippen molar-refractivity contribution in [1.29, 1.82) is 0 Å². The first kappa shape index (κ1) is 13.5. The largest absolute Gasteiger partial charge is 0.382 e. The number of rotatable bonds is 4. The fourth-order valence-electron chi connectivity index (χ4n) is 1.60. The molecule has 1 aromatic rings. The normalized spacial score (nSPS) is 12.6. The molecule has 0 spiro atoms. The first-order chi connectivity index (χ1) is 7.82. The van der Waals surface area contributed by atoms with Crippen LogP contribution in [0.4, 0.5) is 11.4 Å². The van der Waals surface area contributed by atoms with Crippen LogP contribution >= 0.6 is 0 Å². The third-order valence-corrected chi connectivity index (χ3v) is 3.12. The first-order valence-electron chi connectivity index (χ1n) is 5.85. The zero-order valence-corrected chi connectivity index (χ0v) is 11.1. The molecule has 0 heterocycles.